The third kappa shape index (κ3) is 6.07. The average molecular weight is 629 g/mol. The zero-order valence-electron chi connectivity index (χ0n) is 23.7. The number of hydrogen-bond donors (Lipinski definition) is 2. The number of pyridine rings is 1. The van der Waals surface area contributed by atoms with Crippen LogP contribution in [0.2, 0.25) is 0 Å². The van der Waals surface area contributed by atoms with Crippen LogP contribution in [0.25, 0.3) is 16.2 Å². The van der Waals surface area contributed by atoms with Gasteiger partial charge >= 0.3 is 12.1 Å². The molecule has 43 heavy (non-hydrogen) atoms. The van der Waals surface area contributed by atoms with Gasteiger partial charge in [-0.3, -0.25) is 4.79 Å². The Morgan fingerprint density at radius 2 is 1.86 bits per heavy atom. The average Bonchev–Trinajstić information content (AvgIpc) is 3.66. The van der Waals surface area contributed by atoms with Crippen LogP contribution in [-0.4, -0.2) is 73.7 Å². The highest BCUT2D eigenvalue weighted by atomic mass is 32.1. The molecule has 1 aliphatic rings. The fourth-order valence-corrected chi connectivity index (χ4v) is 5.59. The smallest absolute Gasteiger partial charge is 0.364 e. The summed E-state index contributed by atoms with van der Waals surface area (Å²) in [5.74, 6) is -5.66. The number of piperidine rings is 1. The van der Waals surface area contributed by atoms with Crippen LogP contribution in [0.4, 0.5) is 32.2 Å². The lowest BCUT2D eigenvalue weighted by Crippen LogP contribution is -2.46. The van der Waals surface area contributed by atoms with Gasteiger partial charge in [0.15, 0.2) is 5.01 Å². The van der Waals surface area contributed by atoms with Gasteiger partial charge in [-0.25, -0.2) is 8.91 Å². The summed E-state index contributed by atoms with van der Waals surface area (Å²) in [4.78, 5) is 14.4. The summed E-state index contributed by atoms with van der Waals surface area (Å²) in [5, 5.41) is 17.3. The number of nitrogens with one attached hydrogen (secondary N) is 2. The molecule has 1 amide bonds. The van der Waals surface area contributed by atoms with Gasteiger partial charge in [-0.05, 0) is 52.4 Å². The largest absolute Gasteiger partial charge is 0.458 e. The monoisotopic (exact) mass is 628 g/mol. The highest BCUT2D eigenvalue weighted by Crippen LogP contribution is 2.49. The topological polar surface area (TPSA) is 92.4 Å². The van der Waals surface area contributed by atoms with Gasteiger partial charge in [-0.2, -0.15) is 27.1 Å². The van der Waals surface area contributed by atoms with Gasteiger partial charge in [0, 0.05) is 31.0 Å². The molecule has 16 heteroatoms. The zero-order chi connectivity index (χ0) is 31.3. The Hall–Kier alpha value is -3.66. The van der Waals surface area contributed by atoms with Crippen molar-refractivity contribution < 1.29 is 31.1 Å². The zero-order valence-corrected chi connectivity index (χ0v) is 24.5. The number of hydrogen-bond acceptors (Lipinski definition) is 7. The molecule has 0 aliphatic carbocycles. The molecule has 0 aromatic carbocycles. The van der Waals surface area contributed by atoms with E-state index in [1.807, 2.05) is 25.3 Å². The van der Waals surface area contributed by atoms with Crippen molar-refractivity contribution in [3.05, 3.63) is 52.8 Å². The summed E-state index contributed by atoms with van der Waals surface area (Å²) in [5.41, 5.74) is -2.48. The Labute approximate surface area is 246 Å². The van der Waals surface area contributed by atoms with E-state index < -0.39 is 47.0 Å². The predicted octanol–water partition coefficient (Wildman–Crippen LogP) is 5.45. The van der Waals surface area contributed by atoms with Crippen LogP contribution >= 0.6 is 11.3 Å². The fraction of sp³-hybridized carbons (Fsp3) is 0.481. The predicted molar refractivity (Wildman–Crippen MR) is 149 cm³/mol. The van der Waals surface area contributed by atoms with Crippen molar-refractivity contribution in [1.82, 2.24) is 34.6 Å². The second-order valence-electron chi connectivity index (χ2n) is 11.5. The lowest BCUT2D eigenvalue weighted by Gasteiger charge is -2.33. The Balaban J connectivity index is 1.46. The number of carbonyl (C=O) groups excluding carboxylic acids is 1. The van der Waals surface area contributed by atoms with E-state index in [1.54, 1.807) is 30.4 Å². The molecule has 4 aromatic rings. The number of nitrogens with zero attached hydrogens (tertiary/aromatic N) is 6. The molecule has 0 unspecified atom stereocenters. The molecule has 5 heterocycles. The number of anilines is 1. The first-order chi connectivity index (χ1) is 20.1. The maximum Gasteiger partial charge on any atom is 0.458 e. The molecule has 2 atom stereocenters. The van der Waals surface area contributed by atoms with E-state index in [9.17, 15) is 22.4 Å². The van der Waals surface area contributed by atoms with Gasteiger partial charge < -0.3 is 20.1 Å². The third-order valence-electron chi connectivity index (χ3n) is 7.20. The molecular weight excluding hydrogens is 598 g/mol. The van der Waals surface area contributed by atoms with Crippen molar-refractivity contribution in [3.8, 4) is 10.7 Å². The van der Waals surface area contributed by atoms with E-state index >= 15 is 8.78 Å². The molecule has 0 bridgehead atoms. The van der Waals surface area contributed by atoms with Gasteiger partial charge in [0.05, 0.1) is 29.2 Å². The first-order valence-electron chi connectivity index (χ1n) is 13.4. The minimum absolute atomic E-state index is 0.0550. The summed E-state index contributed by atoms with van der Waals surface area (Å²) in [7, 11) is 1.76. The van der Waals surface area contributed by atoms with Crippen LogP contribution in [0.1, 0.15) is 48.1 Å². The Kier molecular flexibility index (Phi) is 7.96. The molecular formula is C27H30F6N8OS. The molecule has 0 radical (unpaired) electrons. The third-order valence-corrected chi connectivity index (χ3v) is 8.13. The van der Waals surface area contributed by atoms with Crippen molar-refractivity contribution in [2.24, 2.45) is 0 Å². The van der Waals surface area contributed by atoms with Crippen LogP contribution in [0.3, 0.4) is 0 Å². The van der Waals surface area contributed by atoms with Gasteiger partial charge in [-0.1, -0.05) is 17.4 Å². The molecule has 1 fully saturated rings. The quantitative estimate of drug-likeness (QED) is 0.265. The van der Waals surface area contributed by atoms with Crippen molar-refractivity contribution in [2.75, 3.05) is 25.5 Å². The van der Waals surface area contributed by atoms with Crippen LogP contribution in [0, 0.1) is 0 Å². The lowest BCUT2D eigenvalue weighted by molar-refractivity contribution is -0.288. The van der Waals surface area contributed by atoms with E-state index in [4.69, 9.17) is 0 Å². The lowest BCUT2D eigenvalue weighted by atomic mass is 10.0. The van der Waals surface area contributed by atoms with Crippen LogP contribution in [0.5, 0.6) is 0 Å². The summed E-state index contributed by atoms with van der Waals surface area (Å²) in [6.07, 6.45) is -3.41. The maximum absolute atomic E-state index is 15.0. The van der Waals surface area contributed by atoms with Crippen LogP contribution < -0.4 is 10.6 Å². The first-order valence-corrected chi connectivity index (χ1v) is 14.2. The number of alkyl halides is 6. The van der Waals surface area contributed by atoms with Gasteiger partial charge in [-0.15, -0.1) is 10.2 Å². The van der Waals surface area contributed by atoms with E-state index in [-0.39, 0.29) is 34.5 Å². The Morgan fingerprint density at radius 3 is 2.51 bits per heavy atom. The Bertz CT molecular complexity index is 1620. The number of carbonyl (C=O) groups is 1. The second kappa shape index (κ2) is 11.1. The van der Waals surface area contributed by atoms with Gasteiger partial charge in [0.1, 0.15) is 22.7 Å². The number of fused-ring (bicyclic) bond motifs is 1. The minimum atomic E-state index is -5.93. The van der Waals surface area contributed by atoms with E-state index in [1.165, 1.54) is 12.1 Å². The molecule has 0 spiro atoms. The molecule has 9 nitrogen and oxygen atoms in total. The number of rotatable bonds is 7. The van der Waals surface area contributed by atoms with Crippen molar-refractivity contribution >= 4 is 28.6 Å². The van der Waals surface area contributed by atoms with E-state index in [0.717, 1.165) is 21.9 Å². The molecule has 2 N–H and O–H groups in total. The van der Waals surface area contributed by atoms with Gasteiger partial charge in [0.25, 0.3) is 5.91 Å². The summed E-state index contributed by atoms with van der Waals surface area (Å²) >= 11 is 0.726. The first kappa shape index (κ1) is 30.8. The molecule has 1 saturated heterocycles. The highest BCUT2D eigenvalue weighted by molar-refractivity contribution is 7.14. The molecule has 1 aliphatic heterocycles. The maximum atomic E-state index is 15.0. The molecule has 232 valence electrons. The Morgan fingerprint density at radius 1 is 1.12 bits per heavy atom. The van der Waals surface area contributed by atoms with Gasteiger partial charge in [0.2, 0.25) is 0 Å². The number of likely N-dealkylation sites (tertiary alicyclic amines) is 1. The number of halogens is 6. The number of amides is 1. The fourth-order valence-electron chi connectivity index (χ4n) is 4.82. The van der Waals surface area contributed by atoms with E-state index in [2.05, 4.69) is 25.9 Å². The van der Waals surface area contributed by atoms with Crippen molar-refractivity contribution in [1.29, 1.82) is 0 Å². The summed E-state index contributed by atoms with van der Waals surface area (Å²) in [6.45, 7) is 6.48. The van der Waals surface area contributed by atoms with Crippen LogP contribution in [-0.2, 0) is 18.0 Å². The van der Waals surface area contributed by atoms with Crippen molar-refractivity contribution in [3.63, 3.8) is 0 Å². The van der Waals surface area contributed by atoms with E-state index in [0.29, 0.717) is 18.5 Å². The highest BCUT2D eigenvalue weighted by Gasteiger charge is 2.61. The number of aromatic nitrogens is 5. The molecule has 5 rings (SSSR count). The van der Waals surface area contributed by atoms with Crippen LogP contribution in [0.15, 0.2) is 36.7 Å². The summed E-state index contributed by atoms with van der Waals surface area (Å²) < 4.78 is 88.7. The van der Waals surface area contributed by atoms with Crippen molar-refractivity contribution in [2.45, 2.75) is 63.6 Å². The summed E-state index contributed by atoms with van der Waals surface area (Å²) in [6, 6.07) is 4.76. The normalized spacial score (nSPS) is 18.7. The second-order valence-corrected chi connectivity index (χ2v) is 12.5. The molecule has 0 saturated carbocycles. The molecule has 4 aromatic heterocycles. The minimum Gasteiger partial charge on any atom is -0.364 e. The standard InChI is InChI=1S/C27H30F6N8OS/c1-25(2,3)40-11-8-15(13-40)23(42)34-12-20-36-37-24(43-20)22-21(26(29,30)27(31,32)33)18-6-5-7-19(41(18)38-22)35-17-9-10-39(4)14-16(17)28/h5-8,11,13,16-17,35H,9-10,12,14H2,1-4H3,(H,34,42)/t16-,17+/m0/s1. The SMILES string of the molecule is CN1CC[C@@H](Nc2cccc3c(C(F)(F)C(F)(F)F)c(-c4nnc(CNC(=O)c5ccn(C(C)(C)C)c5)s4)nn23)[C@@H](F)C1.